The predicted octanol–water partition coefficient (Wildman–Crippen LogP) is 1.57. The first-order valence-corrected chi connectivity index (χ1v) is 8.00. The van der Waals surface area contributed by atoms with Crippen molar-refractivity contribution in [3.05, 3.63) is 70.4 Å². The summed E-state index contributed by atoms with van der Waals surface area (Å²) in [6, 6.07) is 7.85. The fourth-order valence-electron chi connectivity index (χ4n) is 2.59. The number of rotatable bonds is 6. The van der Waals surface area contributed by atoms with E-state index in [9.17, 15) is 14.9 Å². The molecule has 1 aromatic carbocycles. The van der Waals surface area contributed by atoms with Gasteiger partial charge in [-0.1, -0.05) is 6.07 Å². The molecule has 27 heavy (non-hydrogen) atoms. The van der Waals surface area contributed by atoms with Crippen LogP contribution in [0.25, 0.3) is 5.69 Å². The summed E-state index contributed by atoms with van der Waals surface area (Å²) in [6.07, 6.45) is 4.31. The summed E-state index contributed by atoms with van der Waals surface area (Å²) in [5.74, 6) is 0.321. The fraction of sp³-hybridized carbons (Fsp3) is 0.176. The molecule has 3 aromatic rings. The maximum atomic E-state index is 12.5. The number of benzene rings is 1. The summed E-state index contributed by atoms with van der Waals surface area (Å²) in [4.78, 5) is 33.2. The van der Waals surface area contributed by atoms with Crippen LogP contribution in [0.5, 0.6) is 0 Å². The molecule has 0 spiro atoms. The Morgan fingerprint density at radius 3 is 2.81 bits per heavy atom. The number of nitro groups is 1. The van der Waals surface area contributed by atoms with E-state index in [4.69, 9.17) is 0 Å². The second kappa shape index (κ2) is 7.60. The summed E-state index contributed by atoms with van der Waals surface area (Å²) >= 11 is 0. The van der Waals surface area contributed by atoms with Gasteiger partial charge >= 0.3 is 0 Å². The molecule has 0 saturated heterocycles. The minimum Gasteiger partial charge on any atom is -0.362 e. The van der Waals surface area contributed by atoms with Crippen molar-refractivity contribution in [1.29, 1.82) is 0 Å². The Bertz CT molecular complexity index is 970. The van der Waals surface area contributed by atoms with E-state index < -0.39 is 10.8 Å². The van der Waals surface area contributed by atoms with E-state index in [-0.39, 0.29) is 23.5 Å². The normalized spacial score (nSPS) is 10.4. The first-order chi connectivity index (χ1) is 13.0. The van der Waals surface area contributed by atoms with Crippen LogP contribution in [0.3, 0.4) is 0 Å². The summed E-state index contributed by atoms with van der Waals surface area (Å²) in [7, 11) is 3.72. The number of nitro benzene ring substituents is 1. The third-order valence-electron chi connectivity index (χ3n) is 3.83. The zero-order valence-corrected chi connectivity index (χ0v) is 14.7. The predicted molar refractivity (Wildman–Crippen MR) is 97.7 cm³/mol. The number of nitrogens with zero attached hydrogens (tertiary/aromatic N) is 6. The average Bonchev–Trinajstić information content (AvgIpc) is 3.20. The Hall–Kier alpha value is -3.82. The highest BCUT2D eigenvalue weighted by Gasteiger charge is 2.19. The van der Waals surface area contributed by atoms with Gasteiger partial charge in [0.2, 0.25) is 0 Å². The van der Waals surface area contributed by atoms with Crippen LogP contribution in [0.4, 0.5) is 11.5 Å². The van der Waals surface area contributed by atoms with Gasteiger partial charge in [-0.05, 0) is 18.2 Å². The maximum Gasteiger partial charge on any atom is 0.295 e. The van der Waals surface area contributed by atoms with Crippen molar-refractivity contribution < 1.29 is 9.72 Å². The topological polar surface area (TPSA) is 119 Å². The summed E-state index contributed by atoms with van der Waals surface area (Å²) in [5, 5.41) is 18.1. The third kappa shape index (κ3) is 3.89. The lowest BCUT2D eigenvalue weighted by atomic mass is 10.1. The molecule has 0 saturated carbocycles. The van der Waals surface area contributed by atoms with Gasteiger partial charge in [0, 0.05) is 44.0 Å². The molecule has 10 heteroatoms. The van der Waals surface area contributed by atoms with Crippen LogP contribution in [0.1, 0.15) is 15.9 Å². The fourth-order valence-corrected chi connectivity index (χ4v) is 2.59. The molecule has 0 aliphatic carbocycles. The lowest BCUT2D eigenvalue weighted by Crippen LogP contribution is -2.24. The second-order valence-electron chi connectivity index (χ2n) is 5.86. The van der Waals surface area contributed by atoms with Gasteiger partial charge in [-0.25, -0.2) is 14.6 Å². The van der Waals surface area contributed by atoms with Gasteiger partial charge in [0.05, 0.1) is 4.92 Å². The third-order valence-corrected chi connectivity index (χ3v) is 3.83. The summed E-state index contributed by atoms with van der Waals surface area (Å²) in [6.45, 7) is 0.249. The van der Waals surface area contributed by atoms with Crippen molar-refractivity contribution in [2.24, 2.45) is 0 Å². The lowest BCUT2D eigenvalue weighted by Gasteiger charge is -2.16. The molecule has 0 fully saturated rings. The molecule has 2 aromatic heterocycles. The Labute approximate surface area is 154 Å². The van der Waals surface area contributed by atoms with Crippen molar-refractivity contribution in [3.63, 3.8) is 0 Å². The van der Waals surface area contributed by atoms with E-state index >= 15 is 0 Å². The number of amides is 1. The SMILES string of the molecule is CN(C)c1ncccc1CNC(=O)c1ccc(-n2cncn2)c([N+](=O)[O-])c1. The van der Waals surface area contributed by atoms with Gasteiger partial charge in [0.15, 0.2) is 0 Å². The Morgan fingerprint density at radius 1 is 1.33 bits per heavy atom. The molecular formula is C17H17N7O3. The smallest absolute Gasteiger partial charge is 0.295 e. The van der Waals surface area contributed by atoms with Crippen LogP contribution < -0.4 is 10.2 Å². The van der Waals surface area contributed by atoms with Gasteiger partial charge in [0.1, 0.15) is 24.2 Å². The van der Waals surface area contributed by atoms with Crippen LogP contribution in [0.15, 0.2) is 49.2 Å². The van der Waals surface area contributed by atoms with E-state index in [0.29, 0.717) is 0 Å². The highest BCUT2D eigenvalue weighted by atomic mass is 16.6. The van der Waals surface area contributed by atoms with E-state index in [1.165, 1.54) is 35.5 Å². The van der Waals surface area contributed by atoms with Crippen molar-refractivity contribution in [2.45, 2.75) is 6.54 Å². The molecule has 0 aliphatic heterocycles. The van der Waals surface area contributed by atoms with Gasteiger partial charge < -0.3 is 10.2 Å². The van der Waals surface area contributed by atoms with Crippen LogP contribution in [-0.2, 0) is 6.54 Å². The minimum absolute atomic E-state index is 0.181. The summed E-state index contributed by atoms with van der Waals surface area (Å²) < 4.78 is 1.28. The zero-order chi connectivity index (χ0) is 19.4. The molecule has 1 amide bonds. The van der Waals surface area contributed by atoms with Gasteiger partial charge in [-0.15, -0.1) is 0 Å². The summed E-state index contributed by atoms with van der Waals surface area (Å²) in [5.41, 5.74) is 1.02. The molecule has 0 atom stereocenters. The number of pyridine rings is 1. The number of anilines is 1. The van der Waals surface area contributed by atoms with Gasteiger partial charge in [-0.3, -0.25) is 14.9 Å². The maximum absolute atomic E-state index is 12.5. The molecule has 0 aliphatic rings. The van der Waals surface area contributed by atoms with Crippen molar-refractivity contribution in [1.82, 2.24) is 25.1 Å². The molecular weight excluding hydrogens is 350 g/mol. The first kappa shape index (κ1) is 18.0. The van der Waals surface area contributed by atoms with Crippen LogP contribution in [-0.4, -0.2) is 44.7 Å². The minimum atomic E-state index is -0.556. The Morgan fingerprint density at radius 2 is 2.15 bits per heavy atom. The number of hydrogen-bond donors (Lipinski definition) is 1. The number of aromatic nitrogens is 4. The van der Waals surface area contributed by atoms with E-state index in [0.717, 1.165) is 11.4 Å². The molecule has 138 valence electrons. The number of nitrogens with one attached hydrogen (secondary N) is 1. The van der Waals surface area contributed by atoms with Crippen LogP contribution in [0, 0.1) is 10.1 Å². The van der Waals surface area contributed by atoms with Gasteiger partial charge in [0.25, 0.3) is 11.6 Å². The quantitative estimate of drug-likeness (QED) is 0.519. The van der Waals surface area contributed by atoms with Gasteiger partial charge in [-0.2, -0.15) is 5.10 Å². The van der Waals surface area contributed by atoms with Crippen molar-refractivity contribution in [3.8, 4) is 5.69 Å². The van der Waals surface area contributed by atoms with Crippen LogP contribution in [0.2, 0.25) is 0 Å². The molecule has 10 nitrogen and oxygen atoms in total. The van der Waals surface area contributed by atoms with Crippen LogP contribution >= 0.6 is 0 Å². The highest BCUT2D eigenvalue weighted by molar-refractivity contribution is 5.95. The van der Waals surface area contributed by atoms with E-state index in [1.807, 2.05) is 25.1 Å². The second-order valence-corrected chi connectivity index (χ2v) is 5.86. The molecule has 3 rings (SSSR count). The van der Waals surface area contributed by atoms with E-state index in [2.05, 4.69) is 20.4 Å². The molecule has 0 bridgehead atoms. The molecule has 0 radical (unpaired) electrons. The molecule has 0 unspecified atom stereocenters. The Balaban J connectivity index is 1.82. The average molecular weight is 367 g/mol. The standard InChI is InChI=1S/C17H17N7O3/c1-22(2)16-13(4-3-7-19-16)9-20-17(25)12-5-6-14(15(8-12)24(26)27)23-11-18-10-21-23/h3-8,10-11H,9H2,1-2H3,(H,20,25). The van der Waals surface area contributed by atoms with E-state index in [1.54, 1.807) is 12.3 Å². The number of carbonyl (C=O) groups is 1. The molecule has 2 heterocycles. The monoisotopic (exact) mass is 367 g/mol. The zero-order valence-electron chi connectivity index (χ0n) is 14.7. The van der Waals surface area contributed by atoms with Crippen molar-refractivity contribution in [2.75, 3.05) is 19.0 Å². The number of hydrogen-bond acceptors (Lipinski definition) is 7. The lowest BCUT2D eigenvalue weighted by molar-refractivity contribution is -0.384. The highest BCUT2D eigenvalue weighted by Crippen LogP contribution is 2.23. The van der Waals surface area contributed by atoms with Crippen molar-refractivity contribution >= 4 is 17.4 Å². The molecule has 1 N–H and O–H groups in total. The first-order valence-electron chi connectivity index (χ1n) is 8.00. The Kier molecular flexibility index (Phi) is 5.06. The largest absolute Gasteiger partial charge is 0.362 e. The number of carbonyl (C=O) groups excluding carboxylic acids is 1.